The summed E-state index contributed by atoms with van der Waals surface area (Å²) in [6.45, 7) is 0. The van der Waals surface area contributed by atoms with E-state index in [0.29, 0.717) is 17.0 Å². The second kappa shape index (κ2) is 9.19. The van der Waals surface area contributed by atoms with E-state index in [1.54, 1.807) is 12.3 Å². The van der Waals surface area contributed by atoms with E-state index in [-0.39, 0.29) is 22.9 Å². The van der Waals surface area contributed by atoms with Gasteiger partial charge in [0.05, 0.1) is 29.3 Å². The minimum absolute atomic E-state index is 0.177. The Morgan fingerprint density at radius 2 is 2.00 bits per heavy atom. The Kier molecular flexibility index (Phi) is 6.50. The highest BCUT2D eigenvalue weighted by Gasteiger charge is 2.37. The van der Waals surface area contributed by atoms with Crippen molar-refractivity contribution in [1.82, 2.24) is 9.97 Å². The first-order valence-electron chi connectivity index (χ1n) is 10.0. The molecule has 0 amide bonds. The minimum atomic E-state index is -4.71. The smallest absolute Gasteiger partial charge is 0.419 e. The molecule has 0 saturated heterocycles. The number of carbonyl (C=O) groups is 1. The van der Waals surface area contributed by atoms with Gasteiger partial charge in [-0.25, -0.2) is 4.98 Å². The van der Waals surface area contributed by atoms with Crippen molar-refractivity contribution in [3.8, 4) is 17.0 Å². The number of nitrogens with one attached hydrogen (secondary N) is 1. The van der Waals surface area contributed by atoms with Crippen LogP contribution in [0, 0.1) is 0 Å². The van der Waals surface area contributed by atoms with Crippen molar-refractivity contribution >= 4 is 35.3 Å². The quantitative estimate of drug-likeness (QED) is 0.312. The lowest BCUT2D eigenvalue weighted by Crippen LogP contribution is -2.21. The summed E-state index contributed by atoms with van der Waals surface area (Å²) in [4.78, 5) is 19.2. The lowest BCUT2D eigenvalue weighted by molar-refractivity contribution is -0.137. The molecule has 5 nitrogen and oxygen atoms in total. The fraction of sp³-hybridized carbons (Fsp3) is 0.261. The predicted octanol–water partition coefficient (Wildman–Crippen LogP) is 6.78. The topological polar surface area (TPSA) is 64.1 Å². The lowest BCUT2D eigenvalue weighted by Gasteiger charge is -2.30. The first-order valence-corrected chi connectivity index (χ1v) is 10.8. The van der Waals surface area contributed by atoms with Gasteiger partial charge in [-0.1, -0.05) is 41.4 Å². The third-order valence-electron chi connectivity index (χ3n) is 5.60. The third-order valence-corrected chi connectivity index (χ3v) is 6.36. The highest BCUT2D eigenvalue weighted by atomic mass is 35.5. The van der Waals surface area contributed by atoms with Crippen molar-refractivity contribution in [1.29, 1.82) is 0 Å². The molecule has 0 aliphatic heterocycles. The highest BCUT2D eigenvalue weighted by Crippen LogP contribution is 2.43. The minimum Gasteiger partial charge on any atom is -0.480 e. The number of alkyl halides is 3. The van der Waals surface area contributed by atoms with Crippen molar-refractivity contribution in [2.24, 2.45) is 0 Å². The molecular weight excluding hydrogens is 478 g/mol. The standard InChI is InChI=1S/C23H18Cl2F3N3O2/c1-33-22-12(11-32)10-17(23(26,27)28)21(31-22)30-18-7-3-5-13-14(4-2-6-15(13)18)16-8-9-29-20(25)19(16)24/h2,4,6,8-11,18H,3,5,7H2,1H3,(H,30,31). The van der Waals surface area contributed by atoms with Crippen LogP contribution in [0.5, 0.6) is 5.88 Å². The van der Waals surface area contributed by atoms with Crippen LogP contribution in [-0.2, 0) is 12.6 Å². The van der Waals surface area contributed by atoms with Gasteiger partial charge in [-0.2, -0.15) is 18.2 Å². The predicted molar refractivity (Wildman–Crippen MR) is 120 cm³/mol. The van der Waals surface area contributed by atoms with E-state index in [9.17, 15) is 18.0 Å². The first kappa shape index (κ1) is 23.3. The molecule has 1 aromatic carbocycles. The van der Waals surface area contributed by atoms with Gasteiger partial charge in [0.15, 0.2) is 6.29 Å². The van der Waals surface area contributed by atoms with E-state index < -0.39 is 23.6 Å². The number of ether oxygens (including phenoxy) is 1. The van der Waals surface area contributed by atoms with Crippen LogP contribution in [0.3, 0.4) is 0 Å². The molecule has 3 aromatic rings. The van der Waals surface area contributed by atoms with Crippen molar-refractivity contribution in [2.45, 2.75) is 31.5 Å². The number of nitrogens with zero attached hydrogens (tertiary/aromatic N) is 2. The fourth-order valence-electron chi connectivity index (χ4n) is 4.13. The van der Waals surface area contributed by atoms with Gasteiger partial charge in [0.2, 0.25) is 5.88 Å². The maximum absolute atomic E-state index is 13.7. The molecule has 10 heteroatoms. The number of benzene rings is 1. The summed E-state index contributed by atoms with van der Waals surface area (Å²) in [5, 5.41) is 3.44. The molecule has 0 spiro atoms. The van der Waals surface area contributed by atoms with Crippen molar-refractivity contribution < 1.29 is 22.7 Å². The number of hydrogen-bond acceptors (Lipinski definition) is 5. The normalized spacial score (nSPS) is 15.6. The van der Waals surface area contributed by atoms with Crippen LogP contribution in [0.2, 0.25) is 10.2 Å². The Morgan fingerprint density at radius 3 is 2.70 bits per heavy atom. The second-order valence-corrected chi connectivity index (χ2v) is 8.26. The van der Waals surface area contributed by atoms with Gasteiger partial charge in [-0.3, -0.25) is 4.79 Å². The first-order chi connectivity index (χ1) is 15.7. The summed E-state index contributed by atoms with van der Waals surface area (Å²) in [7, 11) is 1.25. The number of pyridine rings is 2. The molecular formula is C23H18Cl2F3N3O2. The average Bonchev–Trinajstić information content (AvgIpc) is 2.79. The van der Waals surface area contributed by atoms with Gasteiger partial charge in [-0.05, 0) is 48.1 Å². The molecule has 1 aliphatic carbocycles. The molecule has 2 aromatic heterocycles. The number of rotatable bonds is 5. The lowest BCUT2D eigenvalue weighted by atomic mass is 9.83. The number of hydrogen-bond donors (Lipinski definition) is 1. The van der Waals surface area contributed by atoms with Crippen LogP contribution in [0.25, 0.3) is 11.1 Å². The molecule has 172 valence electrons. The Hall–Kier alpha value is -2.84. The van der Waals surface area contributed by atoms with Gasteiger partial charge < -0.3 is 10.1 Å². The van der Waals surface area contributed by atoms with Gasteiger partial charge in [0.1, 0.15) is 11.0 Å². The summed E-state index contributed by atoms with van der Waals surface area (Å²) in [6.07, 6.45) is -0.799. The number of carbonyl (C=O) groups excluding carboxylic acids is 1. The zero-order valence-corrected chi connectivity index (χ0v) is 18.9. The van der Waals surface area contributed by atoms with Crippen molar-refractivity contribution in [2.75, 3.05) is 12.4 Å². The van der Waals surface area contributed by atoms with Gasteiger partial charge >= 0.3 is 6.18 Å². The summed E-state index contributed by atoms with van der Waals surface area (Å²) >= 11 is 12.5. The molecule has 0 fully saturated rings. The van der Waals surface area contributed by atoms with Crippen LogP contribution in [0.1, 0.15) is 45.9 Å². The van der Waals surface area contributed by atoms with Gasteiger partial charge in [0, 0.05) is 11.8 Å². The number of anilines is 1. The Balaban J connectivity index is 1.79. The van der Waals surface area contributed by atoms with Crippen LogP contribution >= 0.6 is 23.2 Å². The number of fused-ring (bicyclic) bond motifs is 1. The molecule has 33 heavy (non-hydrogen) atoms. The molecule has 0 bridgehead atoms. The van der Waals surface area contributed by atoms with E-state index in [1.807, 2.05) is 18.2 Å². The molecule has 1 N–H and O–H groups in total. The van der Waals surface area contributed by atoms with Crippen molar-refractivity contribution in [3.63, 3.8) is 0 Å². The van der Waals surface area contributed by atoms with E-state index in [4.69, 9.17) is 27.9 Å². The van der Waals surface area contributed by atoms with E-state index in [0.717, 1.165) is 35.6 Å². The maximum atomic E-state index is 13.7. The molecule has 2 heterocycles. The van der Waals surface area contributed by atoms with Gasteiger partial charge in [0.25, 0.3) is 0 Å². The zero-order chi connectivity index (χ0) is 23.8. The molecule has 0 radical (unpaired) electrons. The second-order valence-electron chi connectivity index (χ2n) is 7.52. The number of halogens is 5. The van der Waals surface area contributed by atoms with E-state index in [2.05, 4.69) is 15.3 Å². The summed E-state index contributed by atoms with van der Waals surface area (Å²) in [5.74, 6) is -0.568. The maximum Gasteiger partial charge on any atom is 0.419 e. The Labute approximate surface area is 197 Å². The van der Waals surface area contributed by atoms with Crippen LogP contribution < -0.4 is 10.1 Å². The van der Waals surface area contributed by atoms with Crippen molar-refractivity contribution in [3.05, 3.63) is 69.0 Å². The van der Waals surface area contributed by atoms with E-state index in [1.165, 1.54) is 7.11 Å². The van der Waals surface area contributed by atoms with Gasteiger partial charge in [-0.15, -0.1) is 0 Å². The largest absolute Gasteiger partial charge is 0.480 e. The summed E-state index contributed by atoms with van der Waals surface area (Å²) in [5.41, 5.74) is 2.07. The highest BCUT2D eigenvalue weighted by molar-refractivity contribution is 6.43. The fourth-order valence-corrected chi connectivity index (χ4v) is 4.50. The molecule has 4 rings (SSSR count). The monoisotopic (exact) mass is 495 g/mol. The van der Waals surface area contributed by atoms with Crippen LogP contribution in [-0.4, -0.2) is 23.4 Å². The third kappa shape index (κ3) is 4.50. The average molecular weight is 496 g/mol. The van der Waals surface area contributed by atoms with E-state index >= 15 is 0 Å². The number of aromatic nitrogens is 2. The Bertz CT molecular complexity index is 1220. The zero-order valence-electron chi connectivity index (χ0n) is 17.3. The summed E-state index contributed by atoms with van der Waals surface area (Å²) < 4.78 is 46.3. The summed E-state index contributed by atoms with van der Waals surface area (Å²) in [6, 6.07) is 7.67. The number of aldehydes is 1. The molecule has 1 aliphatic rings. The molecule has 0 saturated carbocycles. The van der Waals surface area contributed by atoms with Crippen LogP contribution in [0.15, 0.2) is 36.5 Å². The van der Waals surface area contributed by atoms with Crippen LogP contribution in [0.4, 0.5) is 19.0 Å². The number of methoxy groups -OCH3 is 1. The Morgan fingerprint density at radius 1 is 1.21 bits per heavy atom. The molecule has 1 atom stereocenters. The SMILES string of the molecule is COc1nc(NC2CCCc3c(-c4ccnc(Cl)c4Cl)cccc32)c(C(F)(F)F)cc1C=O. The molecule has 1 unspecified atom stereocenters.